The van der Waals surface area contributed by atoms with E-state index in [9.17, 15) is 13.5 Å². The summed E-state index contributed by atoms with van der Waals surface area (Å²) in [5.41, 5.74) is 6.83. The highest BCUT2D eigenvalue weighted by Crippen LogP contribution is 2.30. The van der Waals surface area contributed by atoms with E-state index in [1.807, 2.05) is 13.8 Å². The number of amidine groups is 1. The van der Waals surface area contributed by atoms with E-state index < -0.39 is 15.7 Å². The molecule has 10 heteroatoms. The van der Waals surface area contributed by atoms with Gasteiger partial charge in [-0.25, -0.2) is 0 Å². The second kappa shape index (κ2) is 7.05. The lowest BCUT2D eigenvalue weighted by Crippen LogP contribution is -2.44. The summed E-state index contributed by atoms with van der Waals surface area (Å²) in [6, 6.07) is 6.70. The minimum atomic E-state index is -3.83. The van der Waals surface area contributed by atoms with E-state index in [1.54, 1.807) is 30.5 Å². The third-order valence-electron chi connectivity index (χ3n) is 3.97. The van der Waals surface area contributed by atoms with Crippen LogP contribution in [0, 0.1) is 0 Å². The van der Waals surface area contributed by atoms with Gasteiger partial charge in [-0.05, 0) is 32.0 Å². The number of pyridine rings is 1. The lowest BCUT2D eigenvalue weighted by atomic mass is 10.1. The average molecular weight is 391 g/mol. The summed E-state index contributed by atoms with van der Waals surface area (Å²) in [5.74, 6) is 0.430. The maximum Gasteiger partial charge on any atom is 0.344 e. The first kappa shape index (κ1) is 18.9. The van der Waals surface area contributed by atoms with Gasteiger partial charge in [-0.1, -0.05) is 6.07 Å². The molecule has 0 atom stereocenters. The molecule has 2 heterocycles. The standard InChI is InChI=1S/C17H21N5O4S/c1-17(2,20-8-11-6-7-19-9-13(11)23)10-26-14-5-3-4-12-15(14)16(18)22-27(24,25)21-12/h3-7,9,20-21,23H,8,10H2,1-2H3,(H2,18,22). The molecule has 2 aromatic rings. The molecule has 0 radical (unpaired) electrons. The molecule has 27 heavy (non-hydrogen) atoms. The third kappa shape index (κ3) is 4.47. The number of nitrogens with one attached hydrogen (secondary N) is 2. The normalized spacial score (nSPS) is 15.4. The molecule has 0 spiro atoms. The molecule has 0 amide bonds. The van der Waals surface area contributed by atoms with Crippen LogP contribution < -0.4 is 20.5 Å². The van der Waals surface area contributed by atoms with Crippen LogP contribution in [-0.2, 0) is 16.8 Å². The summed E-state index contributed by atoms with van der Waals surface area (Å²) < 4.78 is 35.0. The highest BCUT2D eigenvalue weighted by atomic mass is 32.2. The van der Waals surface area contributed by atoms with Crippen LogP contribution >= 0.6 is 0 Å². The smallest absolute Gasteiger partial charge is 0.344 e. The van der Waals surface area contributed by atoms with Crippen molar-refractivity contribution in [2.75, 3.05) is 11.3 Å². The average Bonchev–Trinajstić information content (AvgIpc) is 2.58. The van der Waals surface area contributed by atoms with Crippen LogP contribution in [0.3, 0.4) is 0 Å². The molecule has 3 rings (SSSR count). The van der Waals surface area contributed by atoms with E-state index in [4.69, 9.17) is 10.5 Å². The molecule has 0 fully saturated rings. The monoisotopic (exact) mass is 391 g/mol. The van der Waals surface area contributed by atoms with E-state index in [0.717, 1.165) is 5.56 Å². The maximum atomic E-state index is 11.6. The number of ether oxygens (including phenoxy) is 1. The van der Waals surface area contributed by atoms with Gasteiger partial charge in [0, 0.05) is 23.8 Å². The van der Waals surface area contributed by atoms with Crippen molar-refractivity contribution in [1.82, 2.24) is 10.3 Å². The van der Waals surface area contributed by atoms with Gasteiger partial charge in [0.15, 0.2) is 5.84 Å². The predicted molar refractivity (Wildman–Crippen MR) is 102 cm³/mol. The lowest BCUT2D eigenvalue weighted by molar-refractivity contribution is 0.206. The van der Waals surface area contributed by atoms with Crippen LogP contribution in [0.1, 0.15) is 25.0 Å². The number of fused-ring (bicyclic) bond motifs is 1. The molecule has 1 aromatic heterocycles. The summed E-state index contributed by atoms with van der Waals surface area (Å²) in [6.45, 7) is 4.60. The fraction of sp³-hybridized carbons (Fsp3) is 0.294. The van der Waals surface area contributed by atoms with Crippen molar-refractivity contribution >= 4 is 21.7 Å². The van der Waals surface area contributed by atoms with Gasteiger partial charge in [0.1, 0.15) is 18.1 Å². The summed E-state index contributed by atoms with van der Waals surface area (Å²) in [7, 11) is -3.83. The number of benzene rings is 1. The Balaban J connectivity index is 1.71. The molecular weight excluding hydrogens is 370 g/mol. The zero-order valence-corrected chi connectivity index (χ0v) is 15.7. The van der Waals surface area contributed by atoms with Crippen LogP contribution in [0.5, 0.6) is 11.5 Å². The first-order chi connectivity index (χ1) is 12.7. The predicted octanol–water partition coefficient (Wildman–Crippen LogP) is 1.11. The molecule has 0 saturated heterocycles. The lowest BCUT2D eigenvalue weighted by Gasteiger charge is -2.28. The Labute approximate surface area is 157 Å². The Morgan fingerprint density at radius 2 is 2.11 bits per heavy atom. The van der Waals surface area contributed by atoms with E-state index in [-0.39, 0.29) is 18.2 Å². The van der Waals surface area contributed by atoms with Crippen LogP contribution in [0.4, 0.5) is 5.69 Å². The Morgan fingerprint density at radius 3 is 2.85 bits per heavy atom. The number of anilines is 1. The maximum absolute atomic E-state index is 11.6. The van der Waals surface area contributed by atoms with E-state index >= 15 is 0 Å². The van der Waals surface area contributed by atoms with Crippen molar-refractivity contribution in [2.24, 2.45) is 10.1 Å². The fourth-order valence-corrected chi connectivity index (χ4v) is 3.39. The number of hydrogen-bond donors (Lipinski definition) is 4. The Bertz CT molecular complexity index is 989. The molecule has 1 aromatic carbocycles. The van der Waals surface area contributed by atoms with Crippen LogP contribution in [0.2, 0.25) is 0 Å². The molecule has 0 unspecified atom stereocenters. The number of nitrogens with two attached hydrogens (primary N) is 1. The second-order valence-corrected chi connectivity index (χ2v) is 8.10. The number of rotatable bonds is 6. The summed E-state index contributed by atoms with van der Waals surface area (Å²) in [5, 5.41) is 13.1. The summed E-state index contributed by atoms with van der Waals surface area (Å²) in [6.07, 6.45) is 3.00. The van der Waals surface area contributed by atoms with Crippen LogP contribution in [0.25, 0.3) is 0 Å². The topological polar surface area (TPSA) is 139 Å². The fourth-order valence-electron chi connectivity index (χ4n) is 2.55. The van der Waals surface area contributed by atoms with Crippen LogP contribution in [0.15, 0.2) is 41.1 Å². The molecule has 144 valence electrons. The second-order valence-electron chi connectivity index (χ2n) is 6.76. The Hall–Kier alpha value is -2.85. The van der Waals surface area contributed by atoms with Crippen LogP contribution in [-0.4, -0.2) is 36.5 Å². The summed E-state index contributed by atoms with van der Waals surface area (Å²) in [4.78, 5) is 3.85. The van der Waals surface area contributed by atoms with Gasteiger partial charge in [-0.3, -0.25) is 9.71 Å². The number of aromatic nitrogens is 1. The molecule has 0 saturated carbocycles. The number of nitrogens with zero attached hydrogens (tertiary/aromatic N) is 2. The zero-order valence-electron chi connectivity index (χ0n) is 14.9. The first-order valence-corrected chi connectivity index (χ1v) is 9.62. The quantitative estimate of drug-likeness (QED) is 0.578. The van der Waals surface area contributed by atoms with Crippen molar-refractivity contribution in [3.05, 3.63) is 47.8 Å². The van der Waals surface area contributed by atoms with E-state index in [0.29, 0.717) is 23.5 Å². The van der Waals surface area contributed by atoms with Gasteiger partial charge < -0.3 is 20.9 Å². The highest BCUT2D eigenvalue weighted by molar-refractivity contribution is 7.91. The van der Waals surface area contributed by atoms with Crippen molar-refractivity contribution in [3.8, 4) is 11.5 Å². The van der Waals surface area contributed by atoms with E-state index in [1.165, 1.54) is 6.20 Å². The molecule has 5 N–H and O–H groups in total. The zero-order chi connectivity index (χ0) is 19.7. The summed E-state index contributed by atoms with van der Waals surface area (Å²) >= 11 is 0. The van der Waals surface area contributed by atoms with Crippen molar-refractivity contribution < 1.29 is 18.3 Å². The molecule has 1 aliphatic rings. The molecule has 9 nitrogen and oxygen atoms in total. The Morgan fingerprint density at radius 1 is 1.33 bits per heavy atom. The molecule has 0 bridgehead atoms. The highest BCUT2D eigenvalue weighted by Gasteiger charge is 2.26. The number of aromatic hydroxyl groups is 1. The van der Waals surface area contributed by atoms with Gasteiger partial charge in [0.2, 0.25) is 0 Å². The third-order valence-corrected chi connectivity index (χ3v) is 4.89. The molecule has 0 aliphatic carbocycles. The van der Waals surface area contributed by atoms with Gasteiger partial charge in [0.05, 0.1) is 17.4 Å². The van der Waals surface area contributed by atoms with Crippen molar-refractivity contribution in [2.45, 2.75) is 25.9 Å². The van der Waals surface area contributed by atoms with Crippen molar-refractivity contribution in [3.63, 3.8) is 0 Å². The molecule has 1 aliphatic heterocycles. The molecular formula is C17H21N5O4S. The SMILES string of the molecule is CC(C)(COc1cccc2c1C(N)=NS(=O)(=O)N2)NCc1ccncc1O. The van der Waals surface area contributed by atoms with Gasteiger partial charge in [0.25, 0.3) is 0 Å². The van der Waals surface area contributed by atoms with Gasteiger partial charge in [-0.2, -0.15) is 8.42 Å². The minimum Gasteiger partial charge on any atom is -0.506 e. The Kier molecular flexibility index (Phi) is 4.94. The first-order valence-electron chi connectivity index (χ1n) is 8.18. The van der Waals surface area contributed by atoms with Crippen molar-refractivity contribution in [1.29, 1.82) is 0 Å². The minimum absolute atomic E-state index is 0.119. The van der Waals surface area contributed by atoms with Gasteiger partial charge in [-0.15, -0.1) is 4.40 Å². The van der Waals surface area contributed by atoms with E-state index in [2.05, 4.69) is 19.4 Å². The number of hydrogen-bond acceptors (Lipinski definition) is 7. The largest absolute Gasteiger partial charge is 0.506 e. The van der Waals surface area contributed by atoms with Gasteiger partial charge >= 0.3 is 10.2 Å².